The van der Waals surface area contributed by atoms with Crippen LogP contribution in [0.4, 0.5) is 0 Å². The fourth-order valence-electron chi connectivity index (χ4n) is 5.91. The van der Waals surface area contributed by atoms with Gasteiger partial charge >= 0.3 is 0 Å². The molecule has 0 aromatic heterocycles. The van der Waals surface area contributed by atoms with E-state index in [1.54, 1.807) is 0 Å². The Morgan fingerprint density at radius 3 is 2.03 bits per heavy atom. The van der Waals surface area contributed by atoms with Gasteiger partial charge in [0.2, 0.25) is 0 Å². The van der Waals surface area contributed by atoms with Crippen LogP contribution in [0.3, 0.4) is 0 Å². The van der Waals surface area contributed by atoms with Gasteiger partial charge in [0, 0.05) is 6.04 Å². The molecular weight excluding hydrogens is 434 g/mol. The molecule has 0 fully saturated rings. The van der Waals surface area contributed by atoms with Crippen LogP contribution in [-0.4, -0.2) is 0 Å². The Bertz CT molecular complexity index is 1540. The molecule has 0 spiro atoms. The van der Waals surface area contributed by atoms with Gasteiger partial charge in [0.1, 0.15) is 0 Å². The van der Waals surface area contributed by atoms with E-state index in [1.807, 2.05) is 0 Å². The summed E-state index contributed by atoms with van der Waals surface area (Å²) in [6.45, 7) is 11.3. The molecule has 36 heavy (non-hydrogen) atoms. The van der Waals surface area contributed by atoms with Gasteiger partial charge in [-0.05, 0) is 99.5 Å². The van der Waals surface area contributed by atoms with Crippen molar-refractivity contribution in [1.82, 2.24) is 0 Å². The van der Waals surface area contributed by atoms with E-state index in [0.717, 1.165) is 12.8 Å². The van der Waals surface area contributed by atoms with Crippen molar-refractivity contribution in [2.75, 3.05) is 0 Å². The molecule has 0 amide bonds. The second-order valence-corrected chi connectivity index (χ2v) is 11.1. The smallest absolute Gasteiger partial charge is 0.0268 e. The average Bonchev–Trinajstić information content (AvgIpc) is 2.85. The van der Waals surface area contributed by atoms with Crippen LogP contribution in [0.2, 0.25) is 0 Å². The Labute approximate surface area is 216 Å². The summed E-state index contributed by atoms with van der Waals surface area (Å²) < 4.78 is 0. The number of rotatable bonds is 6. The van der Waals surface area contributed by atoms with Crippen LogP contribution in [0.25, 0.3) is 21.5 Å². The quantitative estimate of drug-likeness (QED) is 0.263. The normalized spacial score (nSPS) is 12.8. The molecule has 182 valence electrons. The molecule has 0 radical (unpaired) electrons. The summed E-state index contributed by atoms with van der Waals surface area (Å²) in [5, 5.41) is 5.27. The lowest BCUT2D eigenvalue weighted by Gasteiger charge is -2.28. The molecule has 1 nitrogen and oxygen atoms in total. The minimum absolute atomic E-state index is 0.0493. The SMILES string of the molecule is Cc1c(C(C)N)ccc2ccc(Cc3ccc(CC(C)(C)c4ccc5ccccc5c4C)cc3)cc12. The lowest BCUT2D eigenvalue weighted by atomic mass is 9.76. The Morgan fingerprint density at radius 2 is 1.28 bits per heavy atom. The van der Waals surface area contributed by atoms with Gasteiger partial charge in [-0.2, -0.15) is 0 Å². The van der Waals surface area contributed by atoms with Crippen LogP contribution in [0, 0.1) is 13.8 Å². The third-order valence-corrected chi connectivity index (χ3v) is 7.89. The Balaban J connectivity index is 1.36. The fourth-order valence-corrected chi connectivity index (χ4v) is 5.91. The largest absolute Gasteiger partial charge is 0.324 e. The molecule has 0 aliphatic rings. The average molecular weight is 472 g/mol. The first-order valence-electron chi connectivity index (χ1n) is 13.1. The topological polar surface area (TPSA) is 26.0 Å². The third kappa shape index (κ3) is 4.68. The molecular formula is C35H37N. The first kappa shape index (κ1) is 24.3. The molecule has 5 rings (SSSR count). The van der Waals surface area contributed by atoms with E-state index < -0.39 is 0 Å². The molecule has 0 heterocycles. The first-order valence-corrected chi connectivity index (χ1v) is 13.1. The maximum absolute atomic E-state index is 6.19. The highest BCUT2D eigenvalue weighted by molar-refractivity contribution is 5.88. The zero-order valence-electron chi connectivity index (χ0n) is 22.2. The minimum Gasteiger partial charge on any atom is -0.324 e. The summed E-state index contributed by atoms with van der Waals surface area (Å²) in [6.07, 6.45) is 1.95. The molecule has 0 saturated heterocycles. The van der Waals surface area contributed by atoms with Crippen LogP contribution < -0.4 is 5.73 Å². The Morgan fingerprint density at radius 1 is 0.667 bits per heavy atom. The molecule has 1 unspecified atom stereocenters. The highest BCUT2D eigenvalue weighted by atomic mass is 14.6. The summed E-state index contributed by atoms with van der Waals surface area (Å²) >= 11 is 0. The van der Waals surface area contributed by atoms with Gasteiger partial charge < -0.3 is 5.73 Å². The predicted molar refractivity (Wildman–Crippen MR) is 156 cm³/mol. The summed E-state index contributed by atoms with van der Waals surface area (Å²) in [5.41, 5.74) is 15.7. The number of aryl methyl sites for hydroxylation is 2. The lowest BCUT2D eigenvalue weighted by Crippen LogP contribution is -2.22. The van der Waals surface area contributed by atoms with Crippen molar-refractivity contribution in [3.63, 3.8) is 0 Å². The summed E-state index contributed by atoms with van der Waals surface area (Å²) in [6, 6.07) is 33.8. The number of nitrogens with two attached hydrogens (primary N) is 1. The molecule has 5 aromatic carbocycles. The van der Waals surface area contributed by atoms with E-state index in [1.165, 1.54) is 60.5 Å². The maximum Gasteiger partial charge on any atom is 0.0268 e. The van der Waals surface area contributed by atoms with E-state index in [4.69, 9.17) is 5.73 Å². The van der Waals surface area contributed by atoms with Crippen LogP contribution in [0.5, 0.6) is 0 Å². The highest BCUT2D eigenvalue weighted by Gasteiger charge is 2.24. The predicted octanol–water partition coefficient (Wildman–Crippen LogP) is 8.74. The third-order valence-electron chi connectivity index (χ3n) is 7.89. The molecule has 0 aliphatic heterocycles. The second-order valence-electron chi connectivity index (χ2n) is 11.1. The fraction of sp³-hybridized carbons (Fsp3) is 0.257. The monoisotopic (exact) mass is 471 g/mol. The van der Waals surface area contributed by atoms with E-state index in [9.17, 15) is 0 Å². The van der Waals surface area contributed by atoms with Crippen molar-refractivity contribution >= 4 is 21.5 Å². The molecule has 1 heteroatoms. The van der Waals surface area contributed by atoms with Crippen LogP contribution in [0.15, 0.2) is 91.0 Å². The summed E-state index contributed by atoms with van der Waals surface area (Å²) in [4.78, 5) is 0. The van der Waals surface area contributed by atoms with Gasteiger partial charge in [0.05, 0.1) is 0 Å². The van der Waals surface area contributed by atoms with E-state index >= 15 is 0 Å². The molecule has 0 saturated carbocycles. The molecule has 0 bridgehead atoms. The summed E-state index contributed by atoms with van der Waals surface area (Å²) in [7, 11) is 0. The molecule has 5 aromatic rings. The molecule has 1 atom stereocenters. The van der Waals surface area contributed by atoms with Crippen LogP contribution in [-0.2, 0) is 18.3 Å². The lowest BCUT2D eigenvalue weighted by molar-refractivity contribution is 0.520. The standard InChI is InChI=1S/C35H37N/c1-23-31(25(3)36)18-16-30-15-14-28(21-33(23)30)20-26-10-12-27(13-11-26)22-35(4,5)34-19-17-29-8-6-7-9-32(29)24(34)2/h6-19,21,25H,20,22,36H2,1-5H3. The Kier molecular flexibility index (Phi) is 6.45. The highest BCUT2D eigenvalue weighted by Crippen LogP contribution is 2.34. The van der Waals surface area contributed by atoms with Crippen molar-refractivity contribution in [2.45, 2.75) is 58.9 Å². The second kappa shape index (κ2) is 9.56. The van der Waals surface area contributed by atoms with Gasteiger partial charge in [0.25, 0.3) is 0 Å². The number of fused-ring (bicyclic) bond motifs is 2. The molecule has 0 aliphatic carbocycles. The molecule has 2 N–H and O–H groups in total. The van der Waals surface area contributed by atoms with E-state index in [0.29, 0.717) is 0 Å². The zero-order chi connectivity index (χ0) is 25.4. The first-order chi connectivity index (χ1) is 17.2. The van der Waals surface area contributed by atoms with Gasteiger partial charge in [-0.25, -0.2) is 0 Å². The van der Waals surface area contributed by atoms with Gasteiger partial charge in [0.15, 0.2) is 0 Å². The maximum atomic E-state index is 6.19. The van der Waals surface area contributed by atoms with Gasteiger partial charge in [-0.15, -0.1) is 0 Å². The zero-order valence-corrected chi connectivity index (χ0v) is 22.2. The van der Waals surface area contributed by atoms with Crippen molar-refractivity contribution in [3.05, 3.63) is 130 Å². The van der Waals surface area contributed by atoms with Crippen molar-refractivity contribution in [3.8, 4) is 0 Å². The minimum atomic E-state index is 0.0493. The van der Waals surface area contributed by atoms with Crippen LogP contribution in [0.1, 0.15) is 65.8 Å². The number of hydrogen-bond donors (Lipinski definition) is 1. The van der Waals surface area contributed by atoms with Crippen molar-refractivity contribution in [1.29, 1.82) is 0 Å². The van der Waals surface area contributed by atoms with E-state index in [2.05, 4.69) is 126 Å². The Hall–Kier alpha value is -3.42. The summed E-state index contributed by atoms with van der Waals surface area (Å²) in [5.74, 6) is 0. The van der Waals surface area contributed by atoms with Gasteiger partial charge in [-0.3, -0.25) is 0 Å². The number of benzene rings is 5. The van der Waals surface area contributed by atoms with Gasteiger partial charge in [-0.1, -0.05) is 105 Å². The van der Waals surface area contributed by atoms with E-state index in [-0.39, 0.29) is 11.5 Å². The van der Waals surface area contributed by atoms with Crippen LogP contribution >= 0.6 is 0 Å². The number of hydrogen-bond acceptors (Lipinski definition) is 1. The van der Waals surface area contributed by atoms with Crippen molar-refractivity contribution < 1.29 is 0 Å². The van der Waals surface area contributed by atoms with Crippen molar-refractivity contribution in [2.24, 2.45) is 5.73 Å².